The topological polar surface area (TPSA) is 46.5 Å². The van der Waals surface area contributed by atoms with Gasteiger partial charge in [0.1, 0.15) is 5.69 Å². The van der Waals surface area contributed by atoms with Crippen LogP contribution in [0.2, 0.25) is 0 Å². The Bertz CT molecular complexity index is 476. The SMILES string of the molecule is COCCn1cccc1C(=O)N(CC1CCCN1)C1CC1. The van der Waals surface area contributed by atoms with Crippen LogP contribution in [0.5, 0.6) is 0 Å². The van der Waals surface area contributed by atoms with Gasteiger partial charge in [0.2, 0.25) is 0 Å². The van der Waals surface area contributed by atoms with Crippen molar-refractivity contribution >= 4 is 5.91 Å². The van der Waals surface area contributed by atoms with Gasteiger partial charge in [-0.25, -0.2) is 0 Å². The Kier molecular flexibility index (Phi) is 4.60. The second-order valence-electron chi connectivity index (χ2n) is 6.06. The number of rotatable bonds is 7. The number of nitrogens with zero attached hydrogens (tertiary/aromatic N) is 2. The van der Waals surface area contributed by atoms with Crippen LogP contribution in [0.1, 0.15) is 36.2 Å². The van der Waals surface area contributed by atoms with E-state index in [9.17, 15) is 4.79 Å². The molecule has 2 heterocycles. The van der Waals surface area contributed by atoms with Gasteiger partial charge in [-0.05, 0) is 44.4 Å². The van der Waals surface area contributed by atoms with Gasteiger partial charge in [0.25, 0.3) is 5.91 Å². The summed E-state index contributed by atoms with van der Waals surface area (Å²) in [6, 6.07) is 4.79. The van der Waals surface area contributed by atoms with E-state index in [2.05, 4.69) is 10.2 Å². The van der Waals surface area contributed by atoms with E-state index in [0.717, 1.165) is 38.2 Å². The van der Waals surface area contributed by atoms with Crippen LogP contribution in [-0.2, 0) is 11.3 Å². The summed E-state index contributed by atoms with van der Waals surface area (Å²) in [7, 11) is 1.69. The Hall–Kier alpha value is -1.33. The van der Waals surface area contributed by atoms with Crippen molar-refractivity contribution in [1.29, 1.82) is 0 Å². The van der Waals surface area contributed by atoms with E-state index < -0.39 is 0 Å². The van der Waals surface area contributed by atoms with Crippen molar-refractivity contribution in [3.8, 4) is 0 Å². The monoisotopic (exact) mass is 291 g/mol. The molecule has 0 spiro atoms. The summed E-state index contributed by atoms with van der Waals surface area (Å²) in [6.07, 6.45) is 6.67. The minimum atomic E-state index is 0.173. The van der Waals surface area contributed by atoms with Gasteiger partial charge >= 0.3 is 0 Å². The van der Waals surface area contributed by atoms with E-state index >= 15 is 0 Å². The maximum Gasteiger partial charge on any atom is 0.270 e. The van der Waals surface area contributed by atoms with Gasteiger partial charge in [-0.3, -0.25) is 4.79 Å². The number of nitrogens with one attached hydrogen (secondary N) is 1. The van der Waals surface area contributed by atoms with Gasteiger partial charge < -0.3 is 19.5 Å². The number of hydrogen-bond donors (Lipinski definition) is 1. The Labute approximate surface area is 126 Å². The van der Waals surface area contributed by atoms with Crippen molar-refractivity contribution in [3.05, 3.63) is 24.0 Å². The van der Waals surface area contributed by atoms with Crippen LogP contribution < -0.4 is 5.32 Å². The zero-order chi connectivity index (χ0) is 14.7. The van der Waals surface area contributed by atoms with Crippen LogP contribution in [0.4, 0.5) is 0 Å². The smallest absolute Gasteiger partial charge is 0.270 e. The molecule has 1 aliphatic heterocycles. The molecule has 1 N–H and O–H groups in total. The maximum absolute atomic E-state index is 12.9. The van der Waals surface area contributed by atoms with E-state index in [4.69, 9.17) is 4.74 Å². The molecule has 1 atom stereocenters. The number of carbonyl (C=O) groups is 1. The minimum Gasteiger partial charge on any atom is -0.383 e. The minimum absolute atomic E-state index is 0.173. The molecule has 1 saturated carbocycles. The molecule has 1 aromatic rings. The molecule has 5 heteroatoms. The predicted octanol–water partition coefficient (Wildman–Crippen LogP) is 1.49. The molecule has 0 bridgehead atoms. The fraction of sp³-hybridized carbons (Fsp3) is 0.688. The standard InChI is InChI=1S/C16H25N3O2/c1-21-11-10-18-9-3-5-15(18)16(20)19(14-6-7-14)12-13-4-2-8-17-13/h3,5,9,13-14,17H,2,4,6-8,10-12H2,1H3. The number of amides is 1. The average molecular weight is 291 g/mol. The fourth-order valence-electron chi connectivity index (χ4n) is 3.07. The summed E-state index contributed by atoms with van der Waals surface area (Å²) in [5.74, 6) is 0.173. The lowest BCUT2D eigenvalue weighted by atomic mass is 10.2. The largest absolute Gasteiger partial charge is 0.383 e. The number of hydrogen-bond acceptors (Lipinski definition) is 3. The van der Waals surface area contributed by atoms with Crippen LogP contribution in [0.15, 0.2) is 18.3 Å². The molecule has 1 amide bonds. The van der Waals surface area contributed by atoms with E-state index in [1.165, 1.54) is 12.8 Å². The third kappa shape index (κ3) is 3.47. The third-order valence-corrected chi connectivity index (χ3v) is 4.41. The van der Waals surface area contributed by atoms with Crippen LogP contribution in [0, 0.1) is 0 Å². The highest BCUT2D eigenvalue weighted by molar-refractivity contribution is 5.93. The molecule has 0 aromatic carbocycles. The van der Waals surface area contributed by atoms with Crippen LogP contribution in [0.3, 0.4) is 0 Å². The van der Waals surface area contributed by atoms with E-state index in [-0.39, 0.29) is 5.91 Å². The lowest BCUT2D eigenvalue weighted by Crippen LogP contribution is -2.43. The summed E-state index contributed by atoms with van der Waals surface area (Å²) >= 11 is 0. The highest BCUT2D eigenvalue weighted by atomic mass is 16.5. The van der Waals surface area contributed by atoms with Crippen LogP contribution >= 0.6 is 0 Å². The average Bonchev–Trinajstić information content (AvgIpc) is 3.02. The first kappa shape index (κ1) is 14.6. The Morgan fingerprint density at radius 2 is 2.33 bits per heavy atom. The first-order chi connectivity index (χ1) is 10.3. The summed E-state index contributed by atoms with van der Waals surface area (Å²) in [6.45, 7) is 3.29. The van der Waals surface area contributed by atoms with Gasteiger partial charge in [0.05, 0.1) is 6.61 Å². The third-order valence-electron chi connectivity index (χ3n) is 4.41. The first-order valence-electron chi connectivity index (χ1n) is 7.98. The van der Waals surface area contributed by atoms with E-state index in [1.807, 2.05) is 22.9 Å². The molecule has 1 aromatic heterocycles. The van der Waals surface area contributed by atoms with Gasteiger partial charge in [-0.2, -0.15) is 0 Å². The second kappa shape index (κ2) is 6.62. The highest BCUT2D eigenvalue weighted by Crippen LogP contribution is 2.29. The van der Waals surface area contributed by atoms with Crippen molar-refractivity contribution < 1.29 is 9.53 Å². The van der Waals surface area contributed by atoms with Crippen LogP contribution in [0.25, 0.3) is 0 Å². The highest BCUT2D eigenvalue weighted by Gasteiger charge is 2.35. The maximum atomic E-state index is 12.9. The van der Waals surface area contributed by atoms with Crippen molar-refractivity contribution in [2.24, 2.45) is 0 Å². The molecule has 1 unspecified atom stereocenters. The van der Waals surface area contributed by atoms with Gasteiger partial charge in [0.15, 0.2) is 0 Å². The summed E-state index contributed by atoms with van der Waals surface area (Å²) in [5, 5.41) is 3.50. The number of carbonyl (C=O) groups excluding carboxylic acids is 1. The number of aromatic nitrogens is 1. The molecular weight excluding hydrogens is 266 g/mol. The second-order valence-corrected chi connectivity index (χ2v) is 6.06. The molecule has 2 aliphatic rings. The summed E-state index contributed by atoms with van der Waals surface area (Å²) < 4.78 is 7.13. The molecule has 0 radical (unpaired) electrons. The number of ether oxygens (including phenoxy) is 1. The van der Waals surface area contributed by atoms with E-state index in [0.29, 0.717) is 18.7 Å². The zero-order valence-corrected chi connectivity index (χ0v) is 12.8. The van der Waals surface area contributed by atoms with Gasteiger partial charge in [-0.15, -0.1) is 0 Å². The quantitative estimate of drug-likeness (QED) is 0.828. The van der Waals surface area contributed by atoms with Gasteiger partial charge in [0, 0.05) is 38.5 Å². The van der Waals surface area contributed by atoms with Crippen molar-refractivity contribution in [3.63, 3.8) is 0 Å². The van der Waals surface area contributed by atoms with E-state index in [1.54, 1.807) is 7.11 Å². The Balaban J connectivity index is 1.69. The lowest BCUT2D eigenvalue weighted by molar-refractivity contribution is 0.0715. The van der Waals surface area contributed by atoms with Crippen molar-refractivity contribution in [1.82, 2.24) is 14.8 Å². The predicted molar refractivity (Wildman–Crippen MR) is 81.4 cm³/mol. The fourth-order valence-corrected chi connectivity index (χ4v) is 3.07. The van der Waals surface area contributed by atoms with Crippen molar-refractivity contribution in [2.45, 2.75) is 44.3 Å². The molecule has 1 saturated heterocycles. The van der Waals surface area contributed by atoms with Crippen LogP contribution in [-0.4, -0.2) is 54.3 Å². The molecule has 116 valence electrons. The molecule has 21 heavy (non-hydrogen) atoms. The molecule has 1 aliphatic carbocycles. The normalized spacial score (nSPS) is 21.7. The molecule has 5 nitrogen and oxygen atoms in total. The Morgan fingerprint density at radius 3 is 3.00 bits per heavy atom. The summed E-state index contributed by atoms with van der Waals surface area (Å²) in [5.41, 5.74) is 0.789. The first-order valence-corrected chi connectivity index (χ1v) is 7.98. The molecule has 2 fully saturated rings. The van der Waals surface area contributed by atoms with Crippen molar-refractivity contribution in [2.75, 3.05) is 26.8 Å². The number of methoxy groups -OCH3 is 1. The molecular formula is C16H25N3O2. The summed E-state index contributed by atoms with van der Waals surface area (Å²) in [4.78, 5) is 15.0. The molecule has 3 rings (SSSR count). The lowest BCUT2D eigenvalue weighted by Gasteiger charge is -2.26. The Morgan fingerprint density at radius 1 is 1.48 bits per heavy atom. The zero-order valence-electron chi connectivity index (χ0n) is 12.8. The van der Waals surface area contributed by atoms with Gasteiger partial charge in [-0.1, -0.05) is 0 Å².